The van der Waals surface area contributed by atoms with Crippen molar-refractivity contribution in [3.05, 3.63) is 71.4 Å². The van der Waals surface area contributed by atoms with E-state index >= 15 is 0 Å². The zero-order valence-electron chi connectivity index (χ0n) is 18.7. The fourth-order valence-corrected chi connectivity index (χ4v) is 4.69. The number of hydrogen-bond donors (Lipinski definition) is 2. The van der Waals surface area contributed by atoms with Crippen molar-refractivity contribution in [1.82, 2.24) is 14.9 Å². The molecule has 0 aliphatic rings. The Bertz CT molecular complexity index is 1420. The molecule has 1 amide bonds. The van der Waals surface area contributed by atoms with Gasteiger partial charge >= 0.3 is 0 Å². The summed E-state index contributed by atoms with van der Waals surface area (Å²) in [4.78, 5) is 17.9. The predicted octanol–water partition coefficient (Wildman–Crippen LogP) is 4.45. The molecule has 170 valence electrons. The maximum Gasteiger partial charge on any atom is 0.259 e. The first kappa shape index (κ1) is 22.6. The molecule has 0 saturated heterocycles. The molecule has 9 heteroatoms. The van der Waals surface area contributed by atoms with Crippen LogP contribution in [0.2, 0.25) is 0 Å². The lowest BCUT2D eigenvalue weighted by molar-refractivity contribution is 0.102. The average Bonchev–Trinajstić information content (AvgIpc) is 3.14. The molecule has 33 heavy (non-hydrogen) atoms. The van der Waals surface area contributed by atoms with E-state index in [1.807, 2.05) is 31.2 Å². The van der Waals surface area contributed by atoms with E-state index < -0.39 is 10.0 Å². The zero-order chi connectivity index (χ0) is 23.8. The van der Waals surface area contributed by atoms with Crippen molar-refractivity contribution in [3.8, 4) is 11.3 Å². The first-order valence-electron chi connectivity index (χ1n) is 10.4. The Balaban J connectivity index is 1.67. The van der Waals surface area contributed by atoms with Crippen LogP contribution in [0.1, 0.15) is 35.5 Å². The summed E-state index contributed by atoms with van der Waals surface area (Å²) in [6.07, 6.45) is 0. The zero-order valence-corrected chi connectivity index (χ0v) is 19.5. The molecule has 4 rings (SSSR count). The SMILES string of the molecule is Cc1ccc(-c2cc(C(=O)Nc3ccc(S(=O)(=O)NC(C)C)cc3)c3c(C)noc3n2)cc1. The van der Waals surface area contributed by atoms with Gasteiger partial charge in [-0.3, -0.25) is 4.79 Å². The molecule has 2 N–H and O–H groups in total. The smallest absolute Gasteiger partial charge is 0.259 e. The van der Waals surface area contributed by atoms with Gasteiger partial charge in [-0.25, -0.2) is 18.1 Å². The number of anilines is 1. The number of benzene rings is 2. The fraction of sp³-hybridized carbons (Fsp3) is 0.208. The van der Waals surface area contributed by atoms with Crippen molar-refractivity contribution in [3.63, 3.8) is 0 Å². The highest BCUT2D eigenvalue weighted by Gasteiger charge is 2.20. The molecule has 0 unspecified atom stereocenters. The normalized spacial score (nSPS) is 11.8. The van der Waals surface area contributed by atoms with E-state index in [4.69, 9.17) is 4.52 Å². The number of carbonyl (C=O) groups excluding carboxylic acids is 1. The molecular formula is C24H24N4O4S. The van der Waals surface area contributed by atoms with Crippen molar-refractivity contribution in [2.24, 2.45) is 0 Å². The number of nitrogens with one attached hydrogen (secondary N) is 2. The van der Waals surface area contributed by atoms with Crippen LogP contribution in [-0.2, 0) is 10.0 Å². The van der Waals surface area contributed by atoms with E-state index in [9.17, 15) is 13.2 Å². The monoisotopic (exact) mass is 464 g/mol. The molecule has 4 aromatic rings. The molecule has 0 bridgehead atoms. The van der Waals surface area contributed by atoms with Crippen molar-refractivity contribution in [1.29, 1.82) is 0 Å². The maximum atomic E-state index is 13.2. The number of rotatable bonds is 6. The van der Waals surface area contributed by atoms with E-state index in [0.717, 1.165) is 11.1 Å². The topological polar surface area (TPSA) is 114 Å². The molecule has 2 aromatic carbocycles. The Hall–Kier alpha value is -3.56. The van der Waals surface area contributed by atoms with Crippen molar-refractivity contribution < 1.29 is 17.7 Å². The number of nitrogens with zero attached hydrogens (tertiary/aromatic N) is 2. The van der Waals surface area contributed by atoms with Crippen LogP contribution in [0.5, 0.6) is 0 Å². The Labute approximate surface area is 192 Å². The van der Waals surface area contributed by atoms with Crippen LogP contribution in [0.4, 0.5) is 5.69 Å². The number of carbonyl (C=O) groups is 1. The van der Waals surface area contributed by atoms with Crippen LogP contribution in [0.25, 0.3) is 22.4 Å². The number of pyridine rings is 1. The van der Waals surface area contributed by atoms with Crippen LogP contribution in [0, 0.1) is 13.8 Å². The van der Waals surface area contributed by atoms with Gasteiger partial charge in [0, 0.05) is 17.3 Å². The number of amides is 1. The highest BCUT2D eigenvalue weighted by atomic mass is 32.2. The number of fused-ring (bicyclic) bond motifs is 1. The molecule has 2 heterocycles. The summed E-state index contributed by atoms with van der Waals surface area (Å²) in [6, 6.07) is 15.3. The Kier molecular flexibility index (Phi) is 6.01. The van der Waals surface area contributed by atoms with E-state index in [0.29, 0.717) is 28.0 Å². The minimum absolute atomic E-state index is 0.122. The second-order valence-corrected chi connectivity index (χ2v) is 9.84. The minimum Gasteiger partial charge on any atom is -0.335 e. The van der Waals surface area contributed by atoms with Crippen LogP contribution in [0.15, 0.2) is 64.0 Å². The lowest BCUT2D eigenvalue weighted by Gasteiger charge is -2.11. The van der Waals surface area contributed by atoms with Gasteiger partial charge in [0.2, 0.25) is 10.0 Å². The third-order valence-corrected chi connectivity index (χ3v) is 6.70. The van der Waals surface area contributed by atoms with Crippen molar-refractivity contribution in [2.75, 3.05) is 5.32 Å². The van der Waals surface area contributed by atoms with E-state index in [2.05, 4.69) is 20.2 Å². The van der Waals surface area contributed by atoms with E-state index in [1.165, 1.54) is 12.1 Å². The van der Waals surface area contributed by atoms with Crippen LogP contribution in [-0.4, -0.2) is 30.5 Å². The summed E-state index contributed by atoms with van der Waals surface area (Å²) in [5, 5.41) is 7.32. The van der Waals surface area contributed by atoms with Crippen LogP contribution >= 0.6 is 0 Å². The standard InChI is InChI=1S/C24H24N4O4S/c1-14(2)28-33(30,31)19-11-9-18(10-12-19)25-23(29)20-13-21(17-7-5-15(3)6-8-17)26-24-22(20)16(4)27-32-24/h5-14,28H,1-4H3,(H,25,29). The lowest BCUT2D eigenvalue weighted by atomic mass is 10.0. The van der Waals surface area contributed by atoms with Crippen molar-refractivity contribution in [2.45, 2.75) is 38.6 Å². The number of aromatic nitrogens is 2. The minimum atomic E-state index is -3.61. The third kappa shape index (κ3) is 4.79. The van der Waals surface area contributed by atoms with Gasteiger partial charge in [0.05, 0.1) is 27.2 Å². The first-order valence-corrected chi connectivity index (χ1v) is 11.9. The highest BCUT2D eigenvalue weighted by Crippen LogP contribution is 2.28. The molecular weight excluding hydrogens is 440 g/mol. The van der Waals surface area contributed by atoms with Crippen molar-refractivity contribution >= 4 is 32.7 Å². The summed E-state index contributed by atoms with van der Waals surface area (Å²) < 4.78 is 32.5. The summed E-state index contributed by atoms with van der Waals surface area (Å²) in [5.74, 6) is -0.377. The molecule has 8 nitrogen and oxygen atoms in total. The molecule has 0 fully saturated rings. The average molecular weight is 465 g/mol. The van der Waals surface area contributed by atoms with Gasteiger partial charge in [-0.05, 0) is 58.0 Å². The Morgan fingerprint density at radius 3 is 2.30 bits per heavy atom. The Morgan fingerprint density at radius 1 is 1.00 bits per heavy atom. The molecule has 0 aliphatic carbocycles. The number of sulfonamides is 1. The Morgan fingerprint density at radius 2 is 1.67 bits per heavy atom. The van der Waals surface area contributed by atoms with E-state index in [1.54, 1.807) is 39.0 Å². The second-order valence-electron chi connectivity index (χ2n) is 8.12. The first-order chi connectivity index (χ1) is 15.6. The number of hydrogen-bond acceptors (Lipinski definition) is 6. The van der Waals surface area contributed by atoms with Gasteiger partial charge in [0.15, 0.2) is 0 Å². The summed E-state index contributed by atoms with van der Waals surface area (Å²) in [7, 11) is -3.61. The van der Waals surface area contributed by atoms with Gasteiger partial charge in [-0.2, -0.15) is 0 Å². The quantitative estimate of drug-likeness (QED) is 0.436. The van der Waals surface area contributed by atoms with Gasteiger partial charge < -0.3 is 9.84 Å². The molecule has 0 aliphatic heterocycles. The number of aryl methyl sites for hydroxylation is 2. The summed E-state index contributed by atoms with van der Waals surface area (Å²) >= 11 is 0. The maximum absolute atomic E-state index is 13.2. The van der Waals surface area contributed by atoms with Crippen LogP contribution < -0.4 is 10.0 Å². The molecule has 0 saturated carbocycles. The predicted molar refractivity (Wildman–Crippen MR) is 127 cm³/mol. The summed E-state index contributed by atoms with van der Waals surface area (Å²) in [6.45, 7) is 7.24. The second kappa shape index (κ2) is 8.76. The molecule has 0 atom stereocenters. The molecule has 0 spiro atoms. The van der Waals surface area contributed by atoms with Gasteiger partial charge in [0.1, 0.15) is 0 Å². The molecule has 2 aromatic heterocycles. The fourth-order valence-electron chi connectivity index (χ4n) is 3.44. The largest absolute Gasteiger partial charge is 0.335 e. The highest BCUT2D eigenvalue weighted by molar-refractivity contribution is 7.89. The van der Waals surface area contributed by atoms with Gasteiger partial charge in [0.25, 0.3) is 11.6 Å². The van der Waals surface area contributed by atoms with Crippen LogP contribution in [0.3, 0.4) is 0 Å². The summed E-state index contributed by atoms with van der Waals surface area (Å²) in [5.41, 5.74) is 4.20. The van der Waals surface area contributed by atoms with E-state index in [-0.39, 0.29) is 22.6 Å². The van der Waals surface area contributed by atoms with Gasteiger partial charge in [-0.1, -0.05) is 35.0 Å². The third-order valence-electron chi connectivity index (χ3n) is 5.02. The van der Waals surface area contributed by atoms with Gasteiger partial charge in [-0.15, -0.1) is 0 Å². The lowest BCUT2D eigenvalue weighted by Crippen LogP contribution is -2.30. The molecule has 0 radical (unpaired) electrons.